The number of carbonyl (C=O) groups excluding carboxylic acids is 1. The van der Waals surface area contributed by atoms with Crippen LogP contribution in [0.4, 0.5) is 0 Å². The van der Waals surface area contributed by atoms with E-state index in [9.17, 15) is 4.79 Å². The van der Waals surface area contributed by atoms with E-state index in [0.717, 1.165) is 30.2 Å². The van der Waals surface area contributed by atoms with Crippen LogP contribution in [0.1, 0.15) is 122 Å². The van der Waals surface area contributed by atoms with Gasteiger partial charge in [0.2, 0.25) is 0 Å². The van der Waals surface area contributed by atoms with Gasteiger partial charge in [-0.05, 0) is 30.7 Å². The van der Waals surface area contributed by atoms with Crippen LogP contribution in [0.3, 0.4) is 0 Å². The minimum Gasteiger partial charge on any atom is -0.461 e. The third kappa shape index (κ3) is 12.3. The molecule has 170 valence electrons. The Labute approximate surface area is 185 Å². The van der Waals surface area contributed by atoms with Crippen LogP contribution in [-0.4, -0.2) is 11.0 Å². The van der Waals surface area contributed by atoms with Crippen LogP contribution in [0, 0.1) is 11.8 Å². The lowest BCUT2D eigenvalue weighted by molar-refractivity contribution is -0.145. The number of hydrogen-bond acceptors (Lipinski definition) is 3. The number of nitrogens with zero attached hydrogens (tertiary/aromatic N) is 1. The highest BCUT2D eigenvalue weighted by atomic mass is 16.5. The fourth-order valence-electron chi connectivity index (χ4n) is 4.48. The summed E-state index contributed by atoms with van der Waals surface area (Å²) in [5, 5.41) is 0. The van der Waals surface area contributed by atoms with Crippen molar-refractivity contribution in [3.63, 3.8) is 0 Å². The SMILES string of the molecule is CCCCCCCCC1CC1CCCCCCCCCC(=O)OCc1cccnc1. The van der Waals surface area contributed by atoms with Gasteiger partial charge in [0, 0.05) is 24.4 Å². The van der Waals surface area contributed by atoms with Gasteiger partial charge in [0.15, 0.2) is 0 Å². The molecule has 1 heterocycles. The first kappa shape index (κ1) is 24.9. The van der Waals surface area contributed by atoms with E-state index in [1.807, 2.05) is 12.1 Å². The van der Waals surface area contributed by atoms with Gasteiger partial charge in [-0.1, -0.05) is 103 Å². The van der Waals surface area contributed by atoms with Gasteiger partial charge < -0.3 is 4.74 Å². The number of carbonyl (C=O) groups is 1. The van der Waals surface area contributed by atoms with E-state index in [1.54, 1.807) is 12.4 Å². The van der Waals surface area contributed by atoms with Crippen molar-refractivity contribution in [3.05, 3.63) is 30.1 Å². The first-order valence-corrected chi connectivity index (χ1v) is 12.8. The van der Waals surface area contributed by atoms with Gasteiger partial charge in [-0.25, -0.2) is 0 Å². The lowest BCUT2D eigenvalue weighted by atomic mass is 10.0. The Kier molecular flexibility index (Phi) is 13.5. The number of rotatable bonds is 19. The largest absolute Gasteiger partial charge is 0.461 e. The average molecular weight is 416 g/mol. The molecule has 1 fully saturated rings. The van der Waals surface area contributed by atoms with Gasteiger partial charge >= 0.3 is 5.97 Å². The fourth-order valence-corrected chi connectivity index (χ4v) is 4.48. The standard InChI is InChI=1S/C27H45NO2/c1-2-3-4-5-9-12-17-25-21-26(25)18-13-10-7-6-8-11-14-19-27(29)30-23-24-16-15-20-28-22-24/h15-16,20,22,25-26H,2-14,17-19,21,23H2,1H3. The van der Waals surface area contributed by atoms with Gasteiger partial charge in [0.05, 0.1) is 0 Å². The summed E-state index contributed by atoms with van der Waals surface area (Å²) in [6, 6.07) is 3.79. The normalized spacial score (nSPS) is 17.8. The molecule has 2 atom stereocenters. The number of ether oxygens (including phenoxy) is 1. The number of pyridine rings is 1. The summed E-state index contributed by atoms with van der Waals surface area (Å²) in [5.74, 6) is 2.06. The Morgan fingerprint density at radius 1 is 0.900 bits per heavy atom. The predicted octanol–water partition coefficient (Wildman–Crippen LogP) is 8.02. The summed E-state index contributed by atoms with van der Waals surface area (Å²) in [4.78, 5) is 15.8. The molecule has 1 aromatic rings. The topological polar surface area (TPSA) is 39.2 Å². The molecule has 0 aliphatic heterocycles. The maximum absolute atomic E-state index is 11.8. The highest BCUT2D eigenvalue weighted by Gasteiger charge is 2.34. The van der Waals surface area contributed by atoms with Gasteiger partial charge in [-0.15, -0.1) is 0 Å². The van der Waals surface area contributed by atoms with E-state index in [1.165, 1.54) is 89.9 Å². The van der Waals surface area contributed by atoms with Crippen molar-refractivity contribution in [1.29, 1.82) is 0 Å². The van der Waals surface area contributed by atoms with Crippen molar-refractivity contribution < 1.29 is 9.53 Å². The first-order valence-electron chi connectivity index (χ1n) is 12.8. The lowest BCUT2D eigenvalue weighted by Crippen LogP contribution is -2.04. The molecular weight excluding hydrogens is 370 g/mol. The van der Waals surface area contributed by atoms with E-state index < -0.39 is 0 Å². The highest BCUT2D eigenvalue weighted by molar-refractivity contribution is 5.69. The summed E-state index contributed by atoms with van der Waals surface area (Å²) in [6.07, 6.45) is 26.0. The number of aromatic nitrogens is 1. The molecule has 0 aromatic carbocycles. The summed E-state index contributed by atoms with van der Waals surface area (Å²) in [6.45, 7) is 2.63. The molecule has 0 spiro atoms. The van der Waals surface area contributed by atoms with Crippen LogP contribution in [0.2, 0.25) is 0 Å². The molecule has 1 saturated carbocycles. The summed E-state index contributed by atoms with van der Waals surface area (Å²) in [5.41, 5.74) is 0.950. The molecule has 0 saturated heterocycles. The Hall–Kier alpha value is -1.38. The zero-order valence-corrected chi connectivity index (χ0v) is 19.5. The first-order chi connectivity index (χ1) is 14.8. The molecule has 0 N–H and O–H groups in total. The average Bonchev–Trinajstić information content (AvgIpc) is 3.52. The van der Waals surface area contributed by atoms with Crippen molar-refractivity contribution in [2.75, 3.05) is 0 Å². The van der Waals surface area contributed by atoms with Crippen molar-refractivity contribution in [2.24, 2.45) is 11.8 Å². The van der Waals surface area contributed by atoms with Crippen LogP contribution in [0.25, 0.3) is 0 Å². The van der Waals surface area contributed by atoms with Crippen molar-refractivity contribution in [3.8, 4) is 0 Å². The summed E-state index contributed by atoms with van der Waals surface area (Å²) in [7, 11) is 0. The maximum atomic E-state index is 11.8. The zero-order valence-electron chi connectivity index (χ0n) is 19.5. The van der Waals surface area contributed by atoms with Gasteiger partial charge in [0.1, 0.15) is 6.61 Å². The lowest BCUT2D eigenvalue weighted by Gasteiger charge is -2.05. The smallest absolute Gasteiger partial charge is 0.306 e. The van der Waals surface area contributed by atoms with Crippen molar-refractivity contribution in [2.45, 2.75) is 123 Å². The van der Waals surface area contributed by atoms with E-state index in [4.69, 9.17) is 4.74 Å². The Balaban J connectivity index is 1.29. The monoisotopic (exact) mass is 415 g/mol. The fraction of sp³-hybridized carbons (Fsp3) is 0.778. The van der Waals surface area contributed by atoms with Crippen LogP contribution in [-0.2, 0) is 16.1 Å². The number of hydrogen-bond donors (Lipinski definition) is 0. The highest BCUT2D eigenvalue weighted by Crippen LogP contribution is 2.45. The van der Waals surface area contributed by atoms with E-state index in [-0.39, 0.29) is 5.97 Å². The molecule has 1 aliphatic rings. The van der Waals surface area contributed by atoms with Crippen molar-refractivity contribution in [1.82, 2.24) is 4.98 Å². The van der Waals surface area contributed by atoms with Gasteiger partial charge in [-0.3, -0.25) is 9.78 Å². The Morgan fingerprint density at radius 2 is 1.50 bits per heavy atom. The maximum Gasteiger partial charge on any atom is 0.306 e. The van der Waals surface area contributed by atoms with E-state index in [2.05, 4.69) is 11.9 Å². The minimum atomic E-state index is -0.0844. The quantitative estimate of drug-likeness (QED) is 0.170. The third-order valence-electron chi connectivity index (χ3n) is 6.58. The van der Waals surface area contributed by atoms with Crippen LogP contribution in [0.5, 0.6) is 0 Å². The summed E-state index contributed by atoms with van der Waals surface area (Å²) < 4.78 is 5.29. The number of esters is 1. The molecule has 3 heteroatoms. The second-order valence-corrected chi connectivity index (χ2v) is 9.35. The minimum absolute atomic E-state index is 0.0844. The Bertz CT molecular complexity index is 545. The summed E-state index contributed by atoms with van der Waals surface area (Å²) >= 11 is 0. The zero-order chi connectivity index (χ0) is 21.3. The second-order valence-electron chi connectivity index (χ2n) is 9.35. The predicted molar refractivity (Wildman–Crippen MR) is 125 cm³/mol. The molecular formula is C27H45NO2. The molecule has 2 unspecified atom stereocenters. The molecule has 1 aromatic heterocycles. The molecule has 30 heavy (non-hydrogen) atoms. The van der Waals surface area contributed by atoms with Crippen LogP contribution >= 0.6 is 0 Å². The van der Waals surface area contributed by atoms with Crippen LogP contribution in [0.15, 0.2) is 24.5 Å². The van der Waals surface area contributed by atoms with E-state index >= 15 is 0 Å². The van der Waals surface area contributed by atoms with Crippen molar-refractivity contribution >= 4 is 5.97 Å². The van der Waals surface area contributed by atoms with Crippen LogP contribution < -0.4 is 0 Å². The molecule has 0 radical (unpaired) electrons. The number of unbranched alkanes of at least 4 members (excludes halogenated alkanes) is 11. The molecule has 1 aliphatic carbocycles. The Morgan fingerprint density at radius 3 is 2.10 bits per heavy atom. The molecule has 0 amide bonds. The van der Waals surface area contributed by atoms with Gasteiger partial charge in [0.25, 0.3) is 0 Å². The molecule has 3 nitrogen and oxygen atoms in total. The second kappa shape index (κ2) is 16.3. The molecule has 2 rings (SSSR count). The molecule has 0 bridgehead atoms. The van der Waals surface area contributed by atoms with E-state index in [0.29, 0.717) is 13.0 Å². The third-order valence-corrected chi connectivity index (χ3v) is 6.58. The van der Waals surface area contributed by atoms with Gasteiger partial charge in [-0.2, -0.15) is 0 Å².